The highest BCUT2D eigenvalue weighted by molar-refractivity contribution is 5.89. The van der Waals surface area contributed by atoms with Crippen LogP contribution < -0.4 is 9.47 Å². The number of nitrogens with zero attached hydrogens (tertiary/aromatic N) is 3. The number of carboxylic acids is 1. The van der Waals surface area contributed by atoms with Crippen molar-refractivity contribution in [3.05, 3.63) is 36.2 Å². The van der Waals surface area contributed by atoms with Gasteiger partial charge in [0.2, 0.25) is 11.8 Å². The number of methoxy groups -OCH3 is 1. The number of rotatable bonds is 12. The fourth-order valence-corrected chi connectivity index (χ4v) is 5.70. The third-order valence-electron chi connectivity index (χ3n) is 8.48. The van der Waals surface area contributed by atoms with Crippen LogP contribution in [0.3, 0.4) is 0 Å². The summed E-state index contributed by atoms with van der Waals surface area (Å²) < 4.78 is 11.7. The number of aromatic nitrogens is 2. The summed E-state index contributed by atoms with van der Waals surface area (Å²) in [7, 11) is 3.41. The van der Waals surface area contributed by atoms with E-state index in [0.717, 1.165) is 41.5 Å². The molecule has 4 rings (SSSR count). The molecule has 2 aliphatic rings. The Hall–Kier alpha value is -3.49. The highest BCUT2D eigenvalue weighted by atomic mass is 16.5. The number of unbranched alkanes of at least 4 members (excludes halogenated alkanes) is 2. The minimum Gasteiger partial charge on any atom is -0.496 e. The molecule has 0 aliphatic heterocycles. The normalized spacial score (nSPS) is 26.1. The fourth-order valence-electron chi connectivity index (χ4n) is 5.70. The molecule has 2 fully saturated rings. The Labute approximate surface area is 229 Å². The number of carbonyl (C=O) groups excluding carboxylic acids is 2. The predicted molar refractivity (Wildman–Crippen MR) is 147 cm³/mol. The second kappa shape index (κ2) is 11.7. The van der Waals surface area contributed by atoms with Crippen molar-refractivity contribution in [1.82, 2.24) is 14.9 Å². The Kier molecular flexibility index (Phi) is 8.57. The summed E-state index contributed by atoms with van der Waals surface area (Å²) >= 11 is 0. The predicted octanol–water partition coefficient (Wildman–Crippen LogP) is 4.61. The first kappa shape index (κ1) is 28.5. The molecule has 0 saturated heterocycles. The van der Waals surface area contributed by atoms with E-state index in [1.807, 2.05) is 25.1 Å². The molecule has 1 heterocycles. The molecule has 0 radical (unpaired) electrons. The molecule has 9 heteroatoms. The molecule has 2 saturated carbocycles. The molecule has 2 aliphatic carbocycles. The summed E-state index contributed by atoms with van der Waals surface area (Å²) in [4.78, 5) is 47.5. The van der Waals surface area contributed by atoms with Crippen LogP contribution in [0, 0.1) is 30.1 Å². The number of benzene rings is 1. The van der Waals surface area contributed by atoms with Crippen LogP contribution in [-0.2, 0) is 14.4 Å². The number of hydrogen-bond donors (Lipinski definition) is 1. The van der Waals surface area contributed by atoms with Gasteiger partial charge in [-0.1, -0.05) is 12.2 Å². The van der Waals surface area contributed by atoms with Crippen LogP contribution in [0.15, 0.2) is 30.6 Å². The lowest BCUT2D eigenvalue weighted by Gasteiger charge is -2.23. The van der Waals surface area contributed by atoms with Gasteiger partial charge in [0.1, 0.15) is 24.0 Å². The van der Waals surface area contributed by atoms with E-state index in [2.05, 4.69) is 16.0 Å². The van der Waals surface area contributed by atoms with Gasteiger partial charge in [-0.15, -0.1) is 0 Å². The lowest BCUT2D eigenvalue weighted by molar-refractivity contribution is -0.143. The molecule has 1 unspecified atom stereocenters. The topological polar surface area (TPSA) is 119 Å². The van der Waals surface area contributed by atoms with Crippen molar-refractivity contribution in [2.45, 2.75) is 65.4 Å². The zero-order valence-corrected chi connectivity index (χ0v) is 23.5. The molecular formula is C30H39N3O6. The fraction of sp³-hybridized carbons (Fsp3) is 0.567. The van der Waals surface area contributed by atoms with E-state index in [4.69, 9.17) is 9.47 Å². The van der Waals surface area contributed by atoms with Crippen molar-refractivity contribution in [3.8, 4) is 11.6 Å². The van der Waals surface area contributed by atoms with Gasteiger partial charge in [0.25, 0.3) is 0 Å². The summed E-state index contributed by atoms with van der Waals surface area (Å²) in [6.07, 6.45) is 9.44. The van der Waals surface area contributed by atoms with Crippen LogP contribution in [-0.4, -0.2) is 64.4 Å². The second-order valence-corrected chi connectivity index (χ2v) is 11.2. The van der Waals surface area contributed by atoms with Gasteiger partial charge in [0, 0.05) is 25.1 Å². The molecule has 210 valence electrons. The van der Waals surface area contributed by atoms with Gasteiger partial charge in [-0.05, 0) is 77.3 Å². The Morgan fingerprint density at radius 3 is 2.59 bits per heavy atom. The summed E-state index contributed by atoms with van der Waals surface area (Å²) in [5, 5.41) is 10.00. The number of allylic oxidation sites excluding steroid dienone is 2. The minimum atomic E-state index is -0.734. The number of carboxylic acid groups (broad SMARTS) is 1. The van der Waals surface area contributed by atoms with E-state index >= 15 is 0 Å². The molecule has 9 nitrogen and oxygen atoms in total. The number of carbonyl (C=O) groups is 3. The zero-order valence-electron chi connectivity index (χ0n) is 23.5. The van der Waals surface area contributed by atoms with Gasteiger partial charge < -0.3 is 19.5 Å². The summed E-state index contributed by atoms with van der Waals surface area (Å²) in [6.45, 7) is 5.87. The smallest absolute Gasteiger partial charge is 0.309 e. The first-order valence-corrected chi connectivity index (χ1v) is 13.7. The number of Topliss-reactive ketones (excluding diaryl/α,β-unsaturated/α-hetero) is 1. The van der Waals surface area contributed by atoms with E-state index in [0.29, 0.717) is 31.7 Å². The molecule has 1 aromatic carbocycles. The van der Waals surface area contributed by atoms with Crippen molar-refractivity contribution in [2.75, 3.05) is 20.7 Å². The van der Waals surface area contributed by atoms with Crippen molar-refractivity contribution >= 4 is 28.6 Å². The van der Waals surface area contributed by atoms with Crippen molar-refractivity contribution in [2.24, 2.45) is 23.2 Å². The number of aryl methyl sites for hydroxylation is 1. The maximum atomic E-state index is 13.3. The number of amides is 1. The summed E-state index contributed by atoms with van der Waals surface area (Å²) in [5.74, 6) is -0.268. The molecule has 39 heavy (non-hydrogen) atoms. The zero-order chi connectivity index (χ0) is 28.3. The summed E-state index contributed by atoms with van der Waals surface area (Å²) in [6, 6.07) is 3.73. The number of ketones is 1. The van der Waals surface area contributed by atoms with Crippen molar-refractivity contribution in [3.63, 3.8) is 0 Å². The molecule has 1 amide bonds. The van der Waals surface area contributed by atoms with E-state index in [9.17, 15) is 19.5 Å². The number of ether oxygens (including phenoxy) is 2. The third kappa shape index (κ3) is 6.07. The van der Waals surface area contributed by atoms with Gasteiger partial charge in [-0.2, -0.15) is 0 Å². The molecule has 2 aromatic rings. The number of hydrogen-bond acceptors (Lipinski definition) is 7. The standard InChI is InChI=1S/C30H39N3O6/c1-18-25(38-5)12-11-22-26(18)31-17-32-27(22)39-21-14-23(19(2)34)24(15-21)28(35)33(4)13-9-7-6-8-10-20-16-30(20,3)29(36)37/h8,10-12,17,20-21,23-24H,6-7,9,13-16H2,1-5H3,(H,36,37)/b10-8-/t20-,21-,23+,24?,30+/m1/s1. The van der Waals surface area contributed by atoms with Gasteiger partial charge in [-0.25, -0.2) is 9.97 Å². The molecule has 0 bridgehead atoms. The molecule has 5 atom stereocenters. The average Bonchev–Trinajstić information content (AvgIpc) is 3.39. The van der Waals surface area contributed by atoms with Crippen LogP contribution in [0.5, 0.6) is 11.6 Å². The maximum Gasteiger partial charge on any atom is 0.309 e. The number of fused-ring (bicyclic) bond motifs is 1. The van der Waals surface area contributed by atoms with Gasteiger partial charge in [0.15, 0.2) is 0 Å². The monoisotopic (exact) mass is 537 g/mol. The van der Waals surface area contributed by atoms with E-state index in [-0.39, 0.29) is 29.6 Å². The quantitative estimate of drug-likeness (QED) is 0.308. The SMILES string of the molecule is COc1ccc2c(O[C@H]3CC(C(=O)N(C)CCCC/C=C\[C@@H]4C[C@]4(C)C(=O)O)[C@H](C(C)=O)C3)ncnc2c1C. The first-order valence-electron chi connectivity index (χ1n) is 13.7. The molecule has 1 N–H and O–H groups in total. The second-order valence-electron chi connectivity index (χ2n) is 11.2. The van der Waals surface area contributed by atoms with Crippen LogP contribution in [0.4, 0.5) is 0 Å². The molecule has 1 aromatic heterocycles. The largest absolute Gasteiger partial charge is 0.496 e. The lowest BCUT2D eigenvalue weighted by atomic mass is 9.91. The Balaban J connectivity index is 1.31. The number of aliphatic carboxylic acids is 1. The van der Waals surface area contributed by atoms with E-state index in [1.165, 1.54) is 6.33 Å². The average molecular weight is 538 g/mol. The first-order chi connectivity index (χ1) is 18.6. The maximum absolute atomic E-state index is 13.3. The van der Waals surface area contributed by atoms with Gasteiger partial charge >= 0.3 is 5.97 Å². The van der Waals surface area contributed by atoms with E-state index in [1.54, 1.807) is 32.9 Å². The lowest BCUT2D eigenvalue weighted by Crippen LogP contribution is -2.37. The van der Waals surface area contributed by atoms with Crippen LogP contribution in [0.2, 0.25) is 0 Å². The molecule has 0 spiro atoms. The van der Waals surface area contributed by atoms with Crippen molar-refractivity contribution in [1.29, 1.82) is 0 Å². The van der Waals surface area contributed by atoms with Crippen LogP contribution in [0.25, 0.3) is 10.9 Å². The molecular weight excluding hydrogens is 498 g/mol. The third-order valence-corrected chi connectivity index (χ3v) is 8.48. The van der Waals surface area contributed by atoms with E-state index < -0.39 is 17.3 Å². The highest BCUT2D eigenvalue weighted by Gasteiger charge is 2.54. The minimum absolute atomic E-state index is 0.000416. The van der Waals surface area contributed by atoms with Crippen LogP contribution >= 0.6 is 0 Å². The highest BCUT2D eigenvalue weighted by Crippen LogP contribution is 2.53. The Bertz CT molecular complexity index is 1280. The Morgan fingerprint density at radius 2 is 1.92 bits per heavy atom. The van der Waals surface area contributed by atoms with Crippen molar-refractivity contribution < 1.29 is 29.0 Å². The van der Waals surface area contributed by atoms with Gasteiger partial charge in [0.05, 0.1) is 29.3 Å². The van der Waals surface area contributed by atoms with Gasteiger partial charge in [-0.3, -0.25) is 14.4 Å². The Morgan fingerprint density at radius 1 is 1.18 bits per heavy atom. The summed E-state index contributed by atoms with van der Waals surface area (Å²) in [5.41, 5.74) is 1.04. The van der Waals surface area contributed by atoms with Crippen LogP contribution in [0.1, 0.15) is 57.9 Å².